The highest BCUT2D eigenvalue weighted by Gasteiger charge is 1.98. The van der Waals surface area contributed by atoms with Crippen LogP contribution in [0.4, 0.5) is 0 Å². The Kier molecular flexibility index (Phi) is 7.58. The number of aromatic nitrogens is 1. The molecule has 0 spiro atoms. The molecule has 0 saturated heterocycles. The highest BCUT2D eigenvalue weighted by Crippen LogP contribution is 2.08. The van der Waals surface area contributed by atoms with E-state index in [1.165, 1.54) is 12.0 Å². The van der Waals surface area contributed by atoms with E-state index >= 15 is 0 Å². The zero-order chi connectivity index (χ0) is 11.6. The van der Waals surface area contributed by atoms with Crippen molar-refractivity contribution in [2.45, 2.75) is 6.54 Å². The fourth-order valence-electron chi connectivity index (χ4n) is 0.980. The Morgan fingerprint density at radius 2 is 2.44 bits per heavy atom. The third-order valence-electron chi connectivity index (χ3n) is 1.68. The van der Waals surface area contributed by atoms with E-state index in [-0.39, 0.29) is 0 Å². The molecular formula is C10H14N2OS3. The molecular weight excluding hydrogens is 260 g/mol. The quantitative estimate of drug-likeness (QED) is 0.488. The van der Waals surface area contributed by atoms with E-state index in [0.29, 0.717) is 0 Å². The molecule has 1 aromatic heterocycles. The molecule has 1 N–H and O–H groups in total. The molecule has 0 bridgehead atoms. The second-order valence-corrected chi connectivity index (χ2v) is 5.59. The first-order valence-electron chi connectivity index (χ1n) is 4.78. The van der Waals surface area contributed by atoms with Crippen LogP contribution in [0, 0.1) is 0 Å². The highest BCUT2D eigenvalue weighted by molar-refractivity contribution is 8.23. The van der Waals surface area contributed by atoms with Crippen LogP contribution in [-0.4, -0.2) is 27.9 Å². The zero-order valence-corrected chi connectivity index (χ0v) is 11.5. The average Bonchev–Trinajstić information content (AvgIpc) is 2.33. The molecule has 1 aromatic rings. The smallest absolute Gasteiger partial charge is 0.134 e. The van der Waals surface area contributed by atoms with Crippen molar-refractivity contribution in [1.29, 1.82) is 0 Å². The van der Waals surface area contributed by atoms with Gasteiger partial charge in [0.05, 0.1) is 7.11 Å². The van der Waals surface area contributed by atoms with Crippen molar-refractivity contribution in [2.75, 3.05) is 18.6 Å². The minimum absolute atomic E-state index is 0.733. The van der Waals surface area contributed by atoms with E-state index in [1.807, 2.05) is 18.3 Å². The number of nitrogens with one attached hydrogen (secondary N) is 1. The predicted molar refractivity (Wildman–Crippen MR) is 75.6 cm³/mol. The number of hydrogen-bond acceptors (Lipinski definition) is 5. The lowest BCUT2D eigenvalue weighted by Crippen LogP contribution is -2.18. The number of pyridine rings is 1. The van der Waals surface area contributed by atoms with Gasteiger partial charge < -0.3 is 9.50 Å². The summed E-state index contributed by atoms with van der Waals surface area (Å²) in [6.07, 6.45) is 3.60. The molecule has 0 aliphatic heterocycles. The lowest BCUT2D eigenvalue weighted by molar-refractivity contribution is 0.490. The van der Waals surface area contributed by atoms with Gasteiger partial charge in [0.1, 0.15) is 4.32 Å². The molecule has 0 aliphatic carbocycles. The second kappa shape index (κ2) is 8.81. The standard InChI is InChI=1S/C10H14N2OS3/c1-13-16-6-5-15-10(14)12-8-9-3-2-4-11-7-9/h2-4,7H,5-6,8H2,1H3,(H,12,14). The van der Waals surface area contributed by atoms with Crippen LogP contribution in [0.5, 0.6) is 0 Å². The van der Waals surface area contributed by atoms with Gasteiger partial charge in [0.25, 0.3) is 0 Å². The van der Waals surface area contributed by atoms with E-state index < -0.39 is 0 Å². The zero-order valence-electron chi connectivity index (χ0n) is 9.01. The van der Waals surface area contributed by atoms with Crippen molar-refractivity contribution in [1.82, 2.24) is 10.3 Å². The summed E-state index contributed by atoms with van der Waals surface area (Å²) in [6.45, 7) is 0.733. The van der Waals surface area contributed by atoms with E-state index in [9.17, 15) is 0 Å². The summed E-state index contributed by atoms with van der Waals surface area (Å²) in [5.41, 5.74) is 1.14. The summed E-state index contributed by atoms with van der Waals surface area (Å²) in [5, 5.41) is 3.18. The van der Waals surface area contributed by atoms with Crippen molar-refractivity contribution in [3.63, 3.8) is 0 Å². The first kappa shape index (κ1) is 13.8. The summed E-state index contributed by atoms with van der Waals surface area (Å²) >= 11 is 8.27. The minimum Gasteiger partial charge on any atom is -0.367 e. The molecule has 16 heavy (non-hydrogen) atoms. The Morgan fingerprint density at radius 3 is 3.12 bits per heavy atom. The minimum atomic E-state index is 0.733. The first-order valence-corrected chi connectivity index (χ1v) is 7.08. The van der Waals surface area contributed by atoms with Crippen LogP contribution in [0.2, 0.25) is 0 Å². The Labute approximate surface area is 110 Å². The number of thiocarbonyl (C=S) groups is 1. The number of rotatable bonds is 6. The van der Waals surface area contributed by atoms with Crippen LogP contribution in [0.3, 0.4) is 0 Å². The monoisotopic (exact) mass is 274 g/mol. The van der Waals surface area contributed by atoms with E-state index in [2.05, 4.69) is 10.3 Å². The number of thioether (sulfide) groups is 1. The maximum atomic E-state index is 5.18. The molecule has 3 nitrogen and oxygen atoms in total. The molecule has 1 heterocycles. The normalized spacial score (nSPS) is 10.1. The average molecular weight is 274 g/mol. The Morgan fingerprint density at radius 1 is 1.56 bits per heavy atom. The SMILES string of the molecule is COSCCSC(=S)NCc1cccnc1. The Balaban J connectivity index is 2.11. The fraction of sp³-hybridized carbons (Fsp3) is 0.400. The lowest BCUT2D eigenvalue weighted by Gasteiger charge is -2.06. The van der Waals surface area contributed by atoms with Gasteiger partial charge in [-0.1, -0.05) is 30.0 Å². The Bertz CT molecular complexity index is 308. The van der Waals surface area contributed by atoms with Crippen LogP contribution < -0.4 is 5.32 Å². The molecule has 1 rings (SSSR count). The topological polar surface area (TPSA) is 34.1 Å². The van der Waals surface area contributed by atoms with E-state index in [4.69, 9.17) is 16.4 Å². The van der Waals surface area contributed by atoms with Gasteiger partial charge in [-0.25, -0.2) is 0 Å². The summed E-state index contributed by atoms with van der Waals surface area (Å²) in [6, 6.07) is 3.94. The summed E-state index contributed by atoms with van der Waals surface area (Å²) < 4.78 is 5.70. The van der Waals surface area contributed by atoms with Gasteiger partial charge in [-0.3, -0.25) is 4.98 Å². The van der Waals surface area contributed by atoms with Crippen molar-refractivity contribution in [3.05, 3.63) is 30.1 Å². The van der Waals surface area contributed by atoms with Gasteiger partial charge in [-0.15, -0.1) is 0 Å². The number of hydrogen-bond donors (Lipinski definition) is 1. The van der Waals surface area contributed by atoms with Crippen molar-refractivity contribution in [3.8, 4) is 0 Å². The lowest BCUT2D eigenvalue weighted by atomic mass is 10.3. The molecule has 0 amide bonds. The highest BCUT2D eigenvalue weighted by atomic mass is 32.2. The fourth-order valence-corrected chi connectivity index (χ4v) is 2.43. The van der Waals surface area contributed by atoms with Crippen LogP contribution >= 0.6 is 36.0 Å². The summed E-state index contributed by atoms with van der Waals surface area (Å²) in [4.78, 5) is 4.04. The summed E-state index contributed by atoms with van der Waals surface area (Å²) in [7, 11) is 1.67. The Hall–Kier alpha value is -0.300. The first-order chi connectivity index (χ1) is 7.83. The number of nitrogens with zero attached hydrogens (tertiary/aromatic N) is 1. The van der Waals surface area contributed by atoms with Gasteiger partial charge >= 0.3 is 0 Å². The second-order valence-electron chi connectivity index (χ2n) is 2.84. The molecule has 0 fully saturated rings. The molecule has 0 aliphatic rings. The third-order valence-corrected chi connectivity index (χ3v) is 3.85. The van der Waals surface area contributed by atoms with Gasteiger partial charge in [0, 0.05) is 30.4 Å². The molecule has 0 unspecified atom stereocenters. The summed E-state index contributed by atoms with van der Waals surface area (Å²) in [5.74, 6) is 1.90. The maximum Gasteiger partial charge on any atom is 0.134 e. The van der Waals surface area contributed by atoms with Crippen molar-refractivity contribution >= 4 is 40.3 Å². The van der Waals surface area contributed by atoms with Crippen LogP contribution in [0.1, 0.15) is 5.56 Å². The van der Waals surface area contributed by atoms with Gasteiger partial charge in [0.15, 0.2) is 0 Å². The molecule has 0 saturated carbocycles. The van der Waals surface area contributed by atoms with Gasteiger partial charge in [-0.2, -0.15) is 0 Å². The maximum absolute atomic E-state index is 5.18. The molecule has 6 heteroatoms. The van der Waals surface area contributed by atoms with Gasteiger partial charge in [-0.05, 0) is 23.7 Å². The van der Waals surface area contributed by atoms with E-state index in [0.717, 1.165) is 27.9 Å². The largest absolute Gasteiger partial charge is 0.367 e. The van der Waals surface area contributed by atoms with Crippen molar-refractivity contribution in [2.24, 2.45) is 0 Å². The molecule has 88 valence electrons. The van der Waals surface area contributed by atoms with Gasteiger partial charge in [0.2, 0.25) is 0 Å². The predicted octanol–water partition coefficient (Wildman–Crippen LogP) is 2.48. The van der Waals surface area contributed by atoms with Crippen molar-refractivity contribution < 1.29 is 4.18 Å². The molecule has 0 atom stereocenters. The van der Waals surface area contributed by atoms with E-state index in [1.54, 1.807) is 25.1 Å². The van der Waals surface area contributed by atoms with Crippen LogP contribution in [-0.2, 0) is 10.7 Å². The molecule has 0 aromatic carbocycles. The third kappa shape index (κ3) is 6.32. The van der Waals surface area contributed by atoms with Crippen LogP contribution in [0.15, 0.2) is 24.5 Å². The van der Waals surface area contributed by atoms with Crippen LogP contribution in [0.25, 0.3) is 0 Å². The molecule has 0 radical (unpaired) electrons.